The molecule has 1 atom stereocenters. The van der Waals surface area contributed by atoms with Crippen LogP contribution in [0.3, 0.4) is 0 Å². The first-order valence-electron chi connectivity index (χ1n) is 7.30. The van der Waals surface area contributed by atoms with E-state index in [4.69, 9.17) is 14.2 Å². The van der Waals surface area contributed by atoms with Crippen LogP contribution in [0.15, 0.2) is 18.2 Å². The van der Waals surface area contributed by atoms with Crippen molar-refractivity contribution in [3.8, 4) is 11.5 Å². The SMILES string of the molecule is COC(=O)C(CC(C)C)NCc1ccc2c(c1)OCCO2. The standard InChI is InChI=1S/C16H23NO4/c1-11(2)8-13(16(18)19-3)17-10-12-4-5-14-15(9-12)21-7-6-20-14/h4-5,9,11,13,17H,6-8,10H2,1-3H3. The summed E-state index contributed by atoms with van der Waals surface area (Å²) in [6.45, 7) is 5.91. The molecule has 0 radical (unpaired) electrons. The number of nitrogens with one attached hydrogen (secondary N) is 1. The van der Waals surface area contributed by atoms with Gasteiger partial charge in [-0.25, -0.2) is 0 Å². The monoisotopic (exact) mass is 293 g/mol. The number of hydrogen-bond donors (Lipinski definition) is 1. The minimum absolute atomic E-state index is 0.221. The van der Waals surface area contributed by atoms with E-state index < -0.39 is 0 Å². The third kappa shape index (κ3) is 4.36. The molecule has 1 aliphatic rings. The van der Waals surface area contributed by atoms with Gasteiger partial charge in [0.1, 0.15) is 19.3 Å². The van der Waals surface area contributed by atoms with Crippen LogP contribution in [0.1, 0.15) is 25.8 Å². The van der Waals surface area contributed by atoms with E-state index in [2.05, 4.69) is 19.2 Å². The Morgan fingerprint density at radius 3 is 2.67 bits per heavy atom. The molecule has 0 saturated carbocycles. The molecule has 21 heavy (non-hydrogen) atoms. The van der Waals surface area contributed by atoms with Crippen LogP contribution in [-0.4, -0.2) is 32.3 Å². The van der Waals surface area contributed by atoms with Gasteiger partial charge in [-0.1, -0.05) is 19.9 Å². The summed E-state index contributed by atoms with van der Waals surface area (Å²) in [6, 6.07) is 5.54. The van der Waals surface area contributed by atoms with E-state index >= 15 is 0 Å². The second kappa shape index (κ2) is 7.31. The molecule has 0 fully saturated rings. The van der Waals surface area contributed by atoms with E-state index in [0.717, 1.165) is 23.5 Å². The van der Waals surface area contributed by atoms with Gasteiger partial charge in [0.2, 0.25) is 0 Å². The average Bonchev–Trinajstić information content (AvgIpc) is 2.50. The summed E-state index contributed by atoms with van der Waals surface area (Å²) in [5, 5.41) is 3.25. The minimum Gasteiger partial charge on any atom is -0.486 e. The maximum absolute atomic E-state index is 11.8. The molecular formula is C16H23NO4. The zero-order chi connectivity index (χ0) is 15.2. The molecule has 116 valence electrons. The molecule has 0 aromatic heterocycles. The van der Waals surface area contributed by atoms with E-state index in [1.807, 2.05) is 18.2 Å². The number of ether oxygens (including phenoxy) is 3. The number of carbonyl (C=O) groups excluding carboxylic acids is 1. The van der Waals surface area contributed by atoms with Gasteiger partial charge >= 0.3 is 5.97 Å². The van der Waals surface area contributed by atoms with E-state index in [0.29, 0.717) is 25.7 Å². The van der Waals surface area contributed by atoms with E-state index in [-0.39, 0.29) is 12.0 Å². The number of carbonyl (C=O) groups is 1. The number of methoxy groups -OCH3 is 1. The zero-order valence-corrected chi connectivity index (χ0v) is 12.8. The van der Waals surface area contributed by atoms with Crippen molar-refractivity contribution < 1.29 is 19.0 Å². The molecule has 0 bridgehead atoms. The molecule has 5 heteroatoms. The van der Waals surface area contributed by atoms with Crippen molar-refractivity contribution in [2.75, 3.05) is 20.3 Å². The quantitative estimate of drug-likeness (QED) is 0.814. The lowest BCUT2D eigenvalue weighted by Crippen LogP contribution is -2.38. The lowest BCUT2D eigenvalue weighted by atomic mass is 10.0. The van der Waals surface area contributed by atoms with Gasteiger partial charge in [0.15, 0.2) is 11.5 Å². The Bertz CT molecular complexity index is 487. The fourth-order valence-electron chi connectivity index (χ4n) is 2.32. The van der Waals surface area contributed by atoms with Crippen molar-refractivity contribution >= 4 is 5.97 Å². The fourth-order valence-corrected chi connectivity index (χ4v) is 2.32. The number of benzene rings is 1. The molecule has 1 aromatic carbocycles. The molecule has 0 aliphatic carbocycles. The lowest BCUT2D eigenvalue weighted by molar-refractivity contribution is -0.143. The van der Waals surface area contributed by atoms with Gasteiger partial charge in [0, 0.05) is 6.54 Å². The van der Waals surface area contributed by atoms with Gasteiger partial charge in [-0.2, -0.15) is 0 Å². The van der Waals surface area contributed by atoms with E-state index in [1.165, 1.54) is 7.11 Å². The number of hydrogen-bond acceptors (Lipinski definition) is 5. The predicted molar refractivity (Wildman–Crippen MR) is 79.5 cm³/mol. The third-order valence-corrected chi connectivity index (χ3v) is 3.35. The van der Waals surface area contributed by atoms with E-state index in [9.17, 15) is 4.79 Å². The van der Waals surface area contributed by atoms with Gasteiger partial charge in [0.25, 0.3) is 0 Å². The predicted octanol–water partition coefficient (Wildman–Crippen LogP) is 2.14. The van der Waals surface area contributed by atoms with Gasteiger partial charge in [-0.15, -0.1) is 0 Å². The van der Waals surface area contributed by atoms with Crippen LogP contribution in [0.4, 0.5) is 0 Å². The molecule has 2 rings (SSSR count). The Hall–Kier alpha value is -1.75. The molecule has 0 amide bonds. The highest BCUT2D eigenvalue weighted by Gasteiger charge is 2.20. The first kappa shape index (κ1) is 15.6. The second-order valence-corrected chi connectivity index (χ2v) is 5.56. The van der Waals surface area contributed by atoms with Crippen molar-refractivity contribution in [2.45, 2.75) is 32.9 Å². The first-order valence-corrected chi connectivity index (χ1v) is 7.30. The molecular weight excluding hydrogens is 270 g/mol. The molecule has 1 unspecified atom stereocenters. The van der Waals surface area contributed by atoms with Crippen molar-refractivity contribution in [3.05, 3.63) is 23.8 Å². The molecule has 1 N–H and O–H groups in total. The Labute approximate surface area is 125 Å². The molecule has 5 nitrogen and oxygen atoms in total. The summed E-state index contributed by atoms with van der Waals surface area (Å²) in [5.41, 5.74) is 1.05. The van der Waals surface area contributed by atoms with Crippen LogP contribution in [0, 0.1) is 5.92 Å². The van der Waals surface area contributed by atoms with E-state index in [1.54, 1.807) is 0 Å². The Kier molecular flexibility index (Phi) is 5.44. The summed E-state index contributed by atoms with van der Waals surface area (Å²) in [6.07, 6.45) is 0.747. The summed E-state index contributed by atoms with van der Waals surface area (Å²) in [4.78, 5) is 11.8. The summed E-state index contributed by atoms with van der Waals surface area (Å²) in [7, 11) is 1.42. The summed E-state index contributed by atoms with van der Waals surface area (Å²) < 4.78 is 15.9. The molecule has 0 spiro atoms. The highest BCUT2D eigenvalue weighted by molar-refractivity contribution is 5.75. The van der Waals surface area contributed by atoms with Gasteiger partial charge in [-0.3, -0.25) is 4.79 Å². The van der Waals surface area contributed by atoms with Crippen LogP contribution in [0.5, 0.6) is 11.5 Å². The molecule has 0 saturated heterocycles. The Morgan fingerprint density at radius 1 is 1.29 bits per heavy atom. The molecule has 1 heterocycles. The van der Waals surface area contributed by atoms with Crippen molar-refractivity contribution in [1.29, 1.82) is 0 Å². The zero-order valence-electron chi connectivity index (χ0n) is 12.8. The summed E-state index contributed by atoms with van der Waals surface area (Å²) >= 11 is 0. The molecule has 1 aliphatic heterocycles. The van der Waals surface area contributed by atoms with Crippen molar-refractivity contribution in [1.82, 2.24) is 5.32 Å². The van der Waals surface area contributed by atoms with Gasteiger partial charge in [-0.05, 0) is 30.0 Å². The first-order chi connectivity index (χ1) is 10.1. The number of esters is 1. The largest absolute Gasteiger partial charge is 0.486 e. The topological polar surface area (TPSA) is 56.8 Å². The average molecular weight is 293 g/mol. The highest BCUT2D eigenvalue weighted by Crippen LogP contribution is 2.30. The highest BCUT2D eigenvalue weighted by atomic mass is 16.6. The summed E-state index contributed by atoms with van der Waals surface area (Å²) in [5.74, 6) is 1.74. The van der Waals surface area contributed by atoms with Crippen LogP contribution in [0.25, 0.3) is 0 Å². The van der Waals surface area contributed by atoms with Crippen molar-refractivity contribution in [3.63, 3.8) is 0 Å². The lowest BCUT2D eigenvalue weighted by Gasteiger charge is -2.21. The van der Waals surface area contributed by atoms with Crippen LogP contribution in [-0.2, 0) is 16.1 Å². The van der Waals surface area contributed by atoms with Crippen LogP contribution in [0.2, 0.25) is 0 Å². The Morgan fingerprint density at radius 2 is 2.00 bits per heavy atom. The van der Waals surface area contributed by atoms with Gasteiger partial charge < -0.3 is 19.5 Å². The minimum atomic E-state index is -0.289. The normalized spacial score (nSPS) is 14.9. The van der Waals surface area contributed by atoms with Crippen molar-refractivity contribution in [2.24, 2.45) is 5.92 Å². The fraction of sp³-hybridized carbons (Fsp3) is 0.562. The second-order valence-electron chi connectivity index (χ2n) is 5.56. The maximum Gasteiger partial charge on any atom is 0.322 e. The third-order valence-electron chi connectivity index (χ3n) is 3.35. The Balaban J connectivity index is 1.98. The number of rotatable bonds is 6. The van der Waals surface area contributed by atoms with Gasteiger partial charge in [0.05, 0.1) is 7.11 Å². The van der Waals surface area contributed by atoms with Crippen LogP contribution >= 0.6 is 0 Å². The smallest absolute Gasteiger partial charge is 0.322 e. The van der Waals surface area contributed by atoms with Crippen LogP contribution < -0.4 is 14.8 Å². The molecule has 1 aromatic rings. The maximum atomic E-state index is 11.8. The number of fused-ring (bicyclic) bond motifs is 1.